The van der Waals surface area contributed by atoms with Crippen molar-refractivity contribution >= 4 is 12.0 Å². The molecule has 29 heavy (non-hydrogen) atoms. The summed E-state index contributed by atoms with van der Waals surface area (Å²) in [6.45, 7) is 3.62. The average Bonchev–Trinajstić information content (AvgIpc) is 2.99. The molecule has 0 saturated heterocycles. The lowest BCUT2D eigenvalue weighted by Crippen LogP contribution is -2.07. The van der Waals surface area contributed by atoms with E-state index in [2.05, 4.69) is 6.58 Å². The van der Waals surface area contributed by atoms with Crippen LogP contribution in [0.4, 0.5) is 13.2 Å². The van der Waals surface area contributed by atoms with Crippen LogP contribution in [0, 0.1) is 11.3 Å². The zero-order valence-electron chi connectivity index (χ0n) is 15.3. The third kappa shape index (κ3) is 3.41. The van der Waals surface area contributed by atoms with Crippen molar-refractivity contribution in [3.8, 4) is 28.3 Å². The largest absolute Gasteiger partial charge is 0.477 e. The van der Waals surface area contributed by atoms with Gasteiger partial charge in [-0.25, -0.2) is 4.79 Å². The van der Waals surface area contributed by atoms with Gasteiger partial charge in [0.2, 0.25) is 0 Å². The molecule has 4 nitrogen and oxygen atoms in total. The maximum Gasteiger partial charge on any atom is 0.417 e. The Labute approximate surface area is 164 Å². The van der Waals surface area contributed by atoms with Crippen molar-refractivity contribution in [2.45, 2.75) is 6.18 Å². The normalized spacial score (nSPS) is 11.1. The SMILES string of the molecule is C=Cc1c(C#N)c(-c2ccc(-c3ccccc3C(F)(F)F)cc2)c(C(=O)O)n1C. The predicted molar refractivity (Wildman–Crippen MR) is 103 cm³/mol. The number of carboxylic acid groups (broad SMARTS) is 1. The maximum absolute atomic E-state index is 13.3. The van der Waals surface area contributed by atoms with Crippen LogP contribution >= 0.6 is 0 Å². The molecule has 1 N–H and O–H groups in total. The number of aromatic carboxylic acids is 1. The minimum atomic E-state index is -4.50. The van der Waals surface area contributed by atoms with E-state index in [0.717, 1.165) is 6.07 Å². The lowest BCUT2D eigenvalue weighted by Gasteiger charge is -2.13. The van der Waals surface area contributed by atoms with Crippen LogP contribution in [0.25, 0.3) is 28.3 Å². The van der Waals surface area contributed by atoms with Crippen molar-refractivity contribution in [2.75, 3.05) is 0 Å². The van der Waals surface area contributed by atoms with Crippen molar-refractivity contribution in [2.24, 2.45) is 7.05 Å². The topological polar surface area (TPSA) is 66.0 Å². The summed E-state index contributed by atoms with van der Waals surface area (Å²) in [5, 5.41) is 19.1. The van der Waals surface area contributed by atoms with Crippen molar-refractivity contribution in [3.05, 3.63) is 77.6 Å². The average molecular weight is 396 g/mol. The van der Waals surface area contributed by atoms with Crippen molar-refractivity contribution in [1.29, 1.82) is 5.26 Å². The molecule has 146 valence electrons. The molecule has 0 fully saturated rings. The van der Waals surface area contributed by atoms with E-state index >= 15 is 0 Å². The van der Waals surface area contributed by atoms with E-state index in [4.69, 9.17) is 0 Å². The fourth-order valence-electron chi connectivity index (χ4n) is 3.38. The van der Waals surface area contributed by atoms with E-state index in [9.17, 15) is 28.3 Å². The number of halogens is 3. The molecule has 3 rings (SSSR count). The van der Waals surface area contributed by atoms with Gasteiger partial charge in [-0.1, -0.05) is 49.0 Å². The number of hydrogen-bond donors (Lipinski definition) is 1. The Balaban J connectivity index is 2.19. The standard InChI is InChI=1S/C22H15F3N2O2/c1-3-18-16(12-26)19(20(21(28)29)27(18)2)14-10-8-13(9-11-14)15-6-4-5-7-17(15)22(23,24)25/h3-11H,1H2,2H3,(H,28,29). The Morgan fingerprint density at radius 3 is 2.24 bits per heavy atom. The van der Waals surface area contributed by atoms with Gasteiger partial charge in [-0.05, 0) is 28.8 Å². The number of nitriles is 1. The van der Waals surface area contributed by atoms with Gasteiger partial charge < -0.3 is 9.67 Å². The number of carboxylic acids is 1. The van der Waals surface area contributed by atoms with E-state index in [1.165, 1.54) is 60.2 Å². The van der Waals surface area contributed by atoms with E-state index in [1.807, 2.05) is 6.07 Å². The van der Waals surface area contributed by atoms with Gasteiger partial charge in [0.05, 0.1) is 16.8 Å². The number of aromatic nitrogens is 1. The van der Waals surface area contributed by atoms with Crippen molar-refractivity contribution < 1.29 is 23.1 Å². The summed E-state index contributed by atoms with van der Waals surface area (Å²) in [5.41, 5.74) is 0.603. The van der Waals surface area contributed by atoms with E-state index in [-0.39, 0.29) is 22.4 Å². The number of rotatable bonds is 4. The number of nitrogens with zero attached hydrogens (tertiary/aromatic N) is 2. The molecule has 0 unspecified atom stereocenters. The van der Waals surface area contributed by atoms with Crippen molar-refractivity contribution in [1.82, 2.24) is 4.57 Å². The van der Waals surface area contributed by atoms with Crippen LogP contribution in [-0.2, 0) is 13.2 Å². The quantitative estimate of drug-likeness (QED) is 0.625. The summed E-state index contributed by atoms with van der Waals surface area (Å²) in [6, 6.07) is 13.2. The van der Waals surface area contributed by atoms with E-state index < -0.39 is 17.7 Å². The van der Waals surface area contributed by atoms with E-state index in [0.29, 0.717) is 16.8 Å². The van der Waals surface area contributed by atoms with Gasteiger partial charge in [-0.15, -0.1) is 0 Å². The Morgan fingerprint density at radius 2 is 1.72 bits per heavy atom. The zero-order chi connectivity index (χ0) is 21.3. The summed E-state index contributed by atoms with van der Waals surface area (Å²) in [6.07, 6.45) is -3.11. The summed E-state index contributed by atoms with van der Waals surface area (Å²) in [7, 11) is 1.51. The molecule has 2 aromatic carbocycles. The molecule has 0 bridgehead atoms. The Morgan fingerprint density at radius 1 is 1.14 bits per heavy atom. The monoisotopic (exact) mass is 396 g/mol. The highest BCUT2D eigenvalue weighted by atomic mass is 19.4. The highest BCUT2D eigenvalue weighted by Gasteiger charge is 2.33. The molecular weight excluding hydrogens is 381 g/mol. The molecule has 0 aliphatic carbocycles. The van der Waals surface area contributed by atoms with Gasteiger partial charge in [-0.3, -0.25) is 0 Å². The molecule has 0 amide bonds. The zero-order valence-corrected chi connectivity index (χ0v) is 15.3. The molecule has 7 heteroatoms. The first-order valence-electron chi connectivity index (χ1n) is 8.46. The summed E-state index contributed by atoms with van der Waals surface area (Å²) >= 11 is 0. The van der Waals surface area contributed by atoms with Gasteiger partial charge in [0, 0.05) is 12.6 Å². The molecule has 0 radical (unpaired) electrons. The summed E-state index contributed by atoms with van der Waals surface area (Å²) in [4.78, 5) is 11.8. The number of hydrogen-bond acceptors (Lipinski definition) is 2. The van der Waals surface area contributed by atoms with Crippen LogP contribution in [0.3, 0.4) is 0 Å². The van der Waals surface area contributed by atoms with Crippen LogP contribution < -0.4 is 0 Å². The van der Waals surface area contributed by atoms with Gasteiger partial charge in [0.15, 0.2) is 0 Å². The van der Waals surface area contributed by atoms with Crippen LogP contribution in [0.15, 0.2) is 55.1 Å². The molecular formula is C22H15F3N2O2. The second kappa shape index (κ2) is 7.32. The smallest absolute Gasteiger partial charge is 0.417 e. The molecule has 1 aromatic heterocycles. The summed E-state index contributed by atoms with van der Waals surface area (Å²) in [5.74, 6) is -1.22. The molecule has 1 heterocycles. The molecule has 0 atom stereocenters. The Hall–Kier alpha value is -3.79. The molecule has 0 aliphatic heterocycles. The fraction of sp³-hybridized carbons (Fsp3) is 0.0909. The first-order valence-corrected chi connectivity index (χ1v) is 8.46. The number of alkyl halides is 3. The predicted octanol–water partition coefficient (Wildman–Crippen LogP) is 5.59. The second-order valence-corrected chi connectivity index (χ2v) is 6.28. The molecule has 3 aromatic rings. The fourth-order valence-corrected chi connectivity index (χ4v) is 3.38. The van der Waals surface area contributed by atoms with E-state index in [1.54, 1.807) is 0 Å². The van der Waals surface area contributed by atoms with Crippen molar-refractivity contribution in [3.63, 3.8) is 0 Å². The van der Waals surface area contributed by atoms with Crippen LogP contribution in [0.5, 0.6) is 0 Å². The lowest BCUT2D eigenvalue weighted by molar-refractivity contribution is -0.137. The van der Waals surface area contributed by atoms with Crippen LogP contribution in [0.2, 0.25) is 0 Å². The number of benzene rings is 2. The molecule has 0 saturated carbocycles. The first-order chi connectivity index (χ1) is 13.7. The molecule has 0 spiro atoms. The minimum absolute atomic E-state index is 0.0188. The lowest BCUT2D eigenvalue weighted by atomic mass is 9.95. The van der Waals surface area contributed by atoms with Crippen LogP contribution in [-0.4, -0.2) is 15.6 Å². The first kappa shape index (κ1) is 20.0. The second-order valence-electron chi connectivity index (χ2n) is 6.28. The van der Waals surface area contributed by atoms with Crippen LogP contribution in [0.1, 0.15) is 27.3 Å². The number of carbonyl (C=O) groups is 1. The molecule has 0 aliphatic rings. The Bertz CT molecular complexity index is 1150. The van der Waals surface area contributed by atoms with Gasteiger partial charge in [-0.2, -0.15) is 18.4 Å². The van der Waals surface area contributed by atoms with Gasteiger partial charge in [0.1, 0.15) is 11.8 Å². The highest BCUT2D eigenvalue weighted by Crippen LogP contribution is 2.38. The minimum Gasteiger partial charge on any atom is -0.477 e. The van der Waals surface area contributed by atoms with Gasteiger partial charge >= 0.3 is 12.1 Å². The highest BCUT2D eigenvalue weighted by molar-refractivity contribution is 5.98. The Kier molecular flexibility index (Phi) is 5.04. The third-order valence-corrected chi connectivity index (χ3v) is 4.66. The summed E-state index contributed by atoms with van der Waals surface area (Å²) < 4.78 is 41.2. The third-order valence-electron chi connectivity index (χ3n) is 4.66. The maximum atomic E-state index is 13.3. The van der Waals surface area contributed by atoms with Gasteiger partial charge in [0.25, 0.3) is 0 Å².